The fourth-order valence-corrected chi connectivity index (χ4v) is 13.3. The van der Waals surface area contributed by atoms with E-state index in [4.69, 9.17) is 18.9 Å². The molecule has 4 saturated carbocycles. The Bertz CT molecular complexity index is 1370. The van der Waals surface area contributed by atoms with E-state index in [-0.39, 0.29) is 28.6 Å². The molecule has 4 aliphatic carbocycles. The normalized spacial score (nSPS) is 52.0. The molecule has 318 valence electrons. The van der Waals surface area contributed by atoms with Gasteiger partial charge in [-0.3, -0.25) is 0 Å². The van der Waals surface area contributed by atoms with Gasteiger partial charge in [0, 0.05) is 5.41 Å². The standard InChI is InChI=1S/C42H72O13/c1-21(2)10-9-15-41(7,51)27-13-17-40(6)22-11-12-26-38(3,4)29(14-16-39(26,5)23(22)18-28(45)42(27,40)8)54-37-35(33(49)31(47)25(20-44)53-37)55-36-34(50)32(48)30(46)24(19-43)52-36/h10,22-37,43-51H,9,11-20H2,1-8H3/t22-,23+,24-,25-,26-,27-,28+,29-,30-,31-,32+,33+,34-,35-,36+,37+,39-,40-,41-,42+/m1/s1. The molecule has 6 fully saturated rings. The molecule has 13 heteroatoms. The average Bonchev–Trinajstić information content (AvgIpc) is 3.42. The second-order valence-electron chi connectivity index (χ2n) is 20.1. The smallest absolute Gasteiger partial charge is 0.187 e. The lowest BCUT2D eigenvalue weighted by atomic mass is 9.37. The Kier molecular flexibility index (Phi) is 12.5. The number of hydrogen-bond acceptors (Lipinski definition) is 13. The zero-order valence-corrected chi connectivity index (χ0v) is 34.3. The zero-order valence-electron chi connectivity index (χ0n) is 34.3. The summed E-state index contributed by atoms with van der Waals surface area (Å²) in [5.74, 6) is 0.830. The summed E-state index contributed by atoms with van der Waals surface area (Å²) < 4.78 is 24.3. The summed E-state index contributed by atoms with van der Waals surface area (Å²) in [5, 5.41) is 97.6. The molecule has 0 unspecified atom stereocenters. The van der Waals surface area contributed by atoms with Crippen LogP contribution < -0.4 is 0 Å². The predicted molar refractivity (Wildman–Crippen MR) is 201 cm³/mol. The molecule has 0 aromatic rings. The van der Waals surface area contributed by atoms with Crippen LogP contribution in [0.5, 0.6) is 0 Å². The van der Waals surface area contributed by atoms with E-state index in [1.807, 2.05) is 6.92 Å². The van der Waals surface area contributed by atoms with Gasteiger partial charge in [0.15, 0.2) is 12.6 Å². The minimum absolute atomic E-state index is 0.0112. The van der Waals surface area contributed by atoms with Crippen LogP contribution in [-0.2, 0) is 18.9 Å². The maximum atomic E-state index is 12.3. The van der Waals surface area contributed by atoms with Crippen molar-refractivity contribution in [2.24, 2.45) is 45.3 Å². The minimum atomic E-state index is -1.75. The predicted octanol–water partition coefficient (Wildman–Crippen LogP) is 2.15. The first-order valence-electron chi connectivity index (χ1n) is 20.9. The van der Waals surface area contributed by atoms with E-state index in [9.17, 15) is 46.0 Å². The Morgan fingerprint density at radius 2 is 1.36 bits per heavy atom. The summed E-state index contributed by atoms with van der Waals surface area (Å²) in [6.07, 6.45) is -6.47. The first-order chi connectivity index (χ1) is 25.6. The Hall–Kier alpha value is -0.780. The van der Waals surface area contributed by atoms with E-state index in [0.29, 0.717) is 25.2 Å². The number of allylic oxidation sites excluding steroid dienone is 2. The maximum absolute atomic E-state index is 12.3. The summed E-state index contributed by atoms with van der Waals surface area (Å²) in [7, 11) is 0. The van der Waals surface area contributed by atoms with Gasteiger partial charge in [0.25, 0.3) is 0 Å². The van der Waals surface area contributed by atoms with Crippen LogP contribution >= 0.6 is 0 Å². The number of hydrogen-bond donors (Lipinski definition) is 9. The van der Waals surface area contributed by atoms with Crippen molar-refractivity contribution in [3.05, 3.63) is 11.6 Å². The molecule has 6 rings (SSSR count). The molecule has 55 heavy (non-hydrogen) atoms. The van der Waals surface area contributed by atoms with E-state index < -0.39 is 103 Å². The van der Waals surface area contributed by atoms with Gasteiger partial charge in [-0.25, -0.2) is 0 Å². The van der Waals surface area contributed by atoms with Crippen molar-refractivity contribution < 1.29 is 64.9 Å². The van der Waals surface area contributed by atoms with Crippen molar-refractivity contribution in [1.29, 1.82) is 0 Å². The Labute approximate surface area is 327 Å². The van der Waals surface area contributed by atoms with Crippen LogP contribution in [0, 0.1) is 45.3 Å². The zero-order chi connectivity index (χ0) is 40.6. The third kappa shape index (κ3) is 7.10. The van der Waals surface area contributed by atoms with Crippen LogP contribution in [0.25, 0.3) is 0 Å². The Morgan fingerprint density at radius 3 is 1.98 bits per heavy atom. The summed E-state index contributed by atoms with van der Waals surface area (Å²) >= 11 is 0. The molecule has 0 bridgehead atoms. The molecule has 9 N–H and O–H groups in total. The molecule has 13 nitrogen and oxygen atoms in total. The van der Waals surface area contributed by atoms with Crippen LogP contribution in [0.15, 0.2) is 11.6 Å². The van der Waals surface area contributed by atoms with Crippen LogP contribution in [0.1, 0.15) is 113 Å². The van der Waals surface area contributed by atoms with Gasteiger partial charge in [-0.1, -0.05) is 46.3 Å². The van der Waals surface area contributed by atoms with Gasteiger partial charge in [0.05, 0.1) is 31.0 Å². The number of ether oxygens (including phenoxy) is 4. The maximum Gasteiger partial charge on any atom is 0.187 e. The van der Waals surface area contributed by atoms with E-state index in [0.717, 1.165) is 38.5 Å². The van der Waals surface area contributed by atoms with Crippen LogP contribution in [0.3, 0.4) is 0 Å². The quantitative estimate of drug-likeness (QED) is 0.115. The average molecular weight is 785 g/mol. The third-order valence-electron chi connectivity index (χ3n) is 16.7. The van der Waals surface area contributed by atoms with Gasteiger partial charge in [0.1, 0.15) is 48.8 Å². The molecule has 2 saturated heterocycles. The molecular weight excluding hydrogens is 712 g/mol. The van der Waals surface area contributed by atoms with E-state index >= 15 is 0 Å². The molecule has 0 amide bonds. The van der Waals surface area contributed by atoms with E-state index in [2.05, 4.69) is 54.5 Å². The molecule has 0 aromatic carbocycles. The SMILES string of the molecule is CC(C)=CCC[C@@](C)(O)[C@H]1CC[C@]2(C)[C@@H]3CC[C@@H]4C(C)(C)[C@H](O[C@@H]5O[C@H](CO)[C@@H](O)[C@H](O)[C@H]5O[C@@H]5O[C@H](CO)[C@@H](O)[C@H](O)[C@H]5O)CC[C@]4(C)[C@H]3C[C@H](O)[C@]12C. The van der Waals surface area contributed by atoms with Crippen LogP contribution in [-0.4, -0.2) is 138 Å². The molecule has 0 radical (unpaired) electrons. The fraction of sp³-hybridized carbons (Fsp3) is 0.952. The Balaban J connectivity index is 1.22. The molecule has 20 atom stereocenters. The van der Waals surface area contributed by atoms with Crippen molar-refractivity contribution in [3.8, 4) is 0 Å². The topological polar surface area (TPSA) is 219 Å². The van der Waals surface area contributed by atoms with Crippen LogP contribution in [0.4, 0.5) is 0 Å². The van der Waals surface area contributed by atoms with Crippen molar-refractivity contribution >= 4 is 0 Å². The van der Waals surface area contributed by atoms with Gasteiger partial charge in [-0.15, -0.1) is 0 Å². The van der Waals surface area contributed by atoms with Crippen LogP contribution in [0.2, 0.25) is 0 Å². The van der Waals surface area contributed by atoms with Crippen molar-refractivity contribution in [1.82, 2.24) is 0 Å². The van der Waals surface area contributed by atoms with Gasteiger partial charge in [-0.05, 0) is 118 Å². The lowest BCUT2D eigenvalue weighted by Gasteiger charge is -2.69. The highest BCUT2D eigenvalue weighted by Crippen LogP contribution is 2.75. The Morgan fingerprint density at radius 1 is 0.745 bits per heavy atom. The second kappa shape index (κ2) is 15.7. The molecule has 6 aliphatic rings. The minimum Gasteiger partial charge on any atom is -0.394 e. The van der Waals surface area contributed by atoms with Gasteiger partial charge >= 0.3 is 0 Å². The molecule has 0 aromatic heterocycles. The summed E-state index contributed by atoms with van der Waals surface area (Å²) in [6.45, 7) is 16.3. The number of fused-ring (bicyclic) bond motifs is 5. The highest BCUT2D eigenvalue weighted by atomic mass is 16.8. The molecular formula is C42H72O13. The van der Waals surface area contributed by atoms with Crippen molar-refractivity contribution in [2.75, 3.05) is 13.2 Å². The highest BCUT2D eigenvalue weighted by molar-refractivity contribution is 5.20. The van der Waals surface area contributed by atoms with Gasteiger partial charge in [-0.2, -0.15) is 0 Å². The fourth-order valence-electron chi connectivity index (χ4n) is 13.3. The largest absolute Gasteiger partial charge is 0.394 e. The molecule has 0 spiro atoms. The highest BCUT2D eigenvalue weighted by Gasteiger charge is 2.72. The lowest BCUT2D eigenvalue weighted by Crippen LogP contribution is -2.67. The monoisotopic (exact) mass is 784 g/mol. The lowest BCUT2D eigenvalue weighted by molar-refractivity contribution is -0.378. The molecule has 2 heterocycles. The second-order valence-corrected chi connectivity index (χ2v) is 20.1. The summed E-state index contributed by atoms with van der Waals surface area (Å²) in [4.78, 5) is 0. The summed E-state index contributed by atoms with van der Waals surface area (Å²) in [6, 6.07) is 0. The number of rotatable bonds is 10. The summed E-state index contributed by atoms with van der Waals surface area (Å²) in [5.41, 5.74) is -0.772. The first-order valence-corrected chi connectivity index (χ1v) is 20.9. The van der Waals surface area contributed by atoms with Crippen molar-refractivity contribution in [2.45, 2.75) is 192 Å². The van der Waals surface area contributed by atoms with E-state index in [1.165, 1.54) is 5.57 Å². The van der Waals surface area contributed by atoms with Crippen molar-refractivity contribution in [3.63, 3.8) is 0 Å². The van der Waals surface area contributed by atoms with E-state index in [1.54, 1.807) is 0 Å². The third-order valence-corrected chi connectivity index (χ3v) is 16.7. The van der Waals surface area contributed by atoms with Gasteiger partial charge < -0.3 is 64.9 Å². The molecule has 2 aliphatic heterocycles. The van der Waals surface area contributed by atoms with Gasteiger partial charge in [0.2, 0.25) is 0 Å². The number of aliphatic hydroxyl groups excluding tert-OH is 8. The number of aliphatic hydroxyl groups is 9. The first kappa shape index (κ1) is 43.8.